The predicted octanol–water partition coefficient (Wildman–Crippen LogP) is 4.80. The van der Waals surface area contributed by atoms with Crippen LogP contribution in [0.5, 0.6) is 5.75 Å². The van der Waals surface area contributed by atoms with Crippen molar-refractivity contribution < 1.29 is 13.9 Å². The lowest BCUT2D eigenvalue weighted by Gasteiger charge is -2.17. The Bertz CT molecular complexity index is 1000. The van der Waals surface area contributed by atoms with Crippen molar-refractivity contribution in [3.63, 3.8) is 0 Å². The molecule has 0 spiro atoms. The SMILES string of the molecule is C[C@@H](NCc1cc(=O)oc2cc(O)ccc12)c1cc(F)c(Cl)cc1Cl. The number of phenols is 1. The first-order valence-corrected chi connectivity index (χ1v) is 8.24. The maximum atomic E-state index is 13.7. The minimum absolute atomic E-state index is 0.0116. The molecule has 3 rings (SSSR count). The number of hydrogen-bond donors (Lipinski definition) is 2. The number of phenolic OH excluding ortho intramolecular Hbond substituents is 1. The second kappa shape index (κ2) is 7.04. The Balaban J connectivity index is 1.88. The lowest BCUT2D eigenvalue weighted by molar-refractivity contribution is 0.473. The molecule has 7 heteroatoms. The third-order valence-corrected chi connectivity index (χ3v) is 4.54. The lowest BCUT2D eigenvalue weighted by atomic mass is 10.1. The van der Waals surface area contributed by atoms with Gasteiger partial charge in [0.25, 0.3) is 0 Å². The van der Waals surface area contributed by atoms with Crippen LogP contribution in [0.2, 0.25) is 10.0 Å². The van der Waals surface area contributed by atoms with Gasteiger partial charge in [-0.25, -0.2) is 9.18 Å². The first-order chi connectivity index (χ1) is 11.8. The zero-order chi connectivity index (χ0) is 18.1. The molecule has 1 aromatic heterocycles. The Hall–Kier alpha value is -2.08. The van der Waals surface area contributed by atoms with E-state index in [0.29, 0.717) is 33.7 Å². The minimum atomic E-state index is -0.545. The van der Waals surface area contributed by atoms with E-state index in [-0.39, 0.29) is 16.8 Å². The molecule has 3 aromatic rings. The molecule has 0 saturated heterocycles. The van der Waals surface area contributed by atoms with E-state index in [1.807, 2.05) is 6.92 Å². The Morgan fingerprint density at radius 1 is 1.20 bits per heavy atom. The zero-order valence-corrected chi connectivity index (χ0v) is 14.7. The molecule has 0 saturated carbocycles. The van der Waals surface area contributed by atoms with E-state index < -0.39 is 11.4 Å². The fourth-order valence-electron chi connectivity index (χ4n) is 2.61. The average Bonchev–Trinajstić information content (AvgIpc) is 2.55. The summed E-state index contributed by atoms with van der Waals surface area (Å²) in [5.41, 5.74) is 1.04. The third kappa shape index (κ3) is 3.79. The summed E-state index contributed by atoms with van der Waals surface area (Å²) in [6, 6.07) is 8.32. The summed E-state index contributed by atoms with van der Waals surface area (Å²) in [5, 5.41) is 13.7. The molecule has 0 unspecified atom stereocenters. The van der Waals surface area contributed by atoms with Gasteiger partial charge in [0.2, 0.25) is 0 Å². The first-order valence-electron chi connectivity index (χ1n) is 7.48. The van der Waals surface area contributed by atoms with Crippen molar-refractivity contribution in [3.8, 4) is 5.75 Å². The van der Waals surface area contributed by atoms with Gasteiger partial charge in [0.15, 0.2) is 0 Å². The highest BCUT2D eigenvalue weighted by atomic mass is 35.5. The quantitative estimate of drug-likeness (QED) is 0.503. The van der Waals surface area contributed by atoms with Gasteiger partial charge >= 0.3 is 5.63 Å². The van der Waals surface area contributed by atoms with Gasteiger partial charge in [-0.15, -0.1) is 0 Å². The normalized spacial score (nSPS) is 12.5. The van der Waals surface area contributed by atoms with Crippen LogP contribution in [0.1, 0.15) is 24.1 Å². The van der Waals surface area contributed by atoms with Crippen molar-refractivity contribution in [1.29, 1.82) is 0 Å². The fourth-order valence-corrected chi connectivity index (χ4v) is 3.15. The van der Waals surface area contributed by atoms with Crippen LogP contribution in [-0.2, 0) is 6.54 Å². The van der Waals surface area contributed by atoms with Gasteiger partial charge in [-0.05, 0) is 42.3 Å². The van der Waals surface area contributed by atoms with E-state index in [2.05, 4.69) is 5.32 Å². The Morgan fingerprint density at radius 2 is 1.96 bits per heavy atom. The molecule has 2 N–H and O–H groups in total. The van der Waals surface area contributed by atoms with Gasteiger partial charge in [0.05, 0.1) is 5.02 Å². The molecule has 2 aromatic carbocycles. The third-order valence-electron chi connectivity index (χ3n) is 3.92. The second-order valence-electron chi connectivity index (χ2n) is 5.66. The molecule has 0 aliphatic carbocycles. The van der Waals surface area contributed by atoms with Crippen molar-refractivity contribution in [1.82, 2.24) is 5.32 Å². The summed E-state index contributed by atoms with van der Waals surface area (Å²) < 4.78 is 18.8. The van der Waals surface area contributed by atoms with Crippen LogP contribution in [0.4, 0.5) is 4.39 Å². The van der Waals surface area contributed by atoms with Crippen molar-refractivity contribution in [2.45, 2.75) is 19.5 Å². The van der Waals surface area contributed by atoms with Crippen molar-refractivity contribution in [3.05, 3.63) is 73.8 Å². The maximum Gasteiger partial charge on any atom is 0.336 e. The van der Waals surface area contributed by atoms with E-state index in [4.69, 9.17) is 27.6 Å². The smallest absolute Gasteiger partial charge is 0.336 e. The summed E-state index contributed by atoms with van der Waals surface area (Å²) in [6.45, 7) is 2.16. The first kappa shape index (κ1) is 17.7. The number of halogens is 3. The van der Waals surface area contributed by atoms with Crippen LogP contribution in [0.15, 0.2) is 45.6 Å². The van der Waals surface area contributed by atoms with Crippen LogP contribution >= 0.6 is 23.2 Å². The highest BCUT2D eigenvalue weighted by Gasteiger charge is 2.14. The molecule has 0 aliphatic heterocycles. The molecular formula is C18H14Cl2FNO3. The summed E-state index contributed by atoms with van der Waals surface area (Å²) in [6.07, 6.45) is 0. The summed E-state index contributed by atoms with van der Waals surface area (Å²) >= 11 is 11.8. The number of nitrogens with one attached hydrogen (secondary N) is 1. The molecule has 0 radical (unpaired) electrons. The standard InChI is InChI=1S/C18H14Cl2FNO3/c1-9(13-6-16(21)15(20)7-14(13)19)22-8-10-4-18(24)25-17-5-11(23)2-3-12(10)17/h2-7,9,22-23H,8H2,1H3/t9-/m1/s1. The molecule has 0 bridgehead atoms. The van der Waals surface area contributed by atoms with Crippen LogP contribution in [0.3, 0.4) is 0 Å². The van der Waals surface area contributed by atoms with Crippen LogP contribution in [0, 0.1) is 5.82 Å². The monoisotopic (exact) mass is 381 g/mol. The molecule has 0 aliphatic rings. The molecule has 25 heavy (non-hydrogen) atoms. The Kier molecular flexibility index (Phi) is 4.99. The fraction of sp³-hybridized carbons (Fsp3) is 0.167. The van der Waals surface area contributed by atoms with Crippen molar-refractivity contribution in [2.24, 2.45) is 0 Å². The van der Waals surface area contributed by atoms with E-state index in [0.717, 1.165) is 0 Å². The summed E-state index contributed by atoms with van der Waals surface area (Å²) in [4.78, 5) is 11.7. The highest BCUT2D eigenvalue weighted by molar-refractivity contribution is 6.35. The predicted molar refractivity (Wildman–Crippen MR) is 95.8 cm³/mol. The van der Waals surface area contributed by atoms with Crippen molar-refractivity contribution >= 4 is 34.2 Å². The number of fused-ring (bicyclic) bond motifs is 1. The molecule has 1 heterocycles. The van der Waals surface area contributed by atoms with Gasteiger partial charge in [0, 0.05) is 35.1 Å². The summed E-state index contributed by atoms with van der Waals surface area (Å²) in [7, 11) is 0. The van der Waals surface area contributed by atoms with Gasteiger partial charge in [-0.2, -0.15) is 0 Å². The number of rotatable bonds is 4. The van der Waals surface area contributed by atoms with E-state index in [1.54, 1.807) is 6.07 Å². The van der Waals surface area contributed by atoms with Crippen LogP contribution in [-0.4, -0.2) is 5.11 Å². The number of hydrogen-bond acceptors (Lipinski definition) is 4. The molecule has 4 nitrogen and oxygen atoms in total. The van der Waals surface area contributed by atoms with E-state index >= 15 is 0 Å². The largest absolute Gasteiger partial charge is 0.508 e. The number of aromatic hydroxyl groups is 1. The average molecular weight is 382 g/mol. The lowest BCUT2D eigenvalue weighted by Crippen LogP contribution is -2.19. The van der Waals surface area contributed by atoms with Crippen molar-refractivity contribution in [2.75, 3.05) is 0 Å². The van der Waals surface area contributed by atoms with Crippen LogP contribution < -0.4 is 10.9 Å². The zero-order valence-electron chi connectivity index (χ0n) is 13.1. The van der Waals surface area contributed by atoms with Gasteiger partial charge in [-0.3, -0.25) is 0 Å². The Labute approximate surface area is 152 Å². The Morgan fingerprint density at radius 3 is 2.72 bits per heavy atom. The van der Waals surface area contributed by atoms with Gasteiger partial charge in [0.1, 0.15) is 17.1 Å². The minimum Gasteiger partial charge on any atom is -0.508 e. The second-order valence-corrected chi connectivity index (χ2v) is 6.48. The molecule has 1 atom stereocenters. The molecule has 0 amide bonds. The molecule has 0 fully saturated rings. The molecule has 130 valence electrons. The highest BCUT2D eigenvalue weighted by Crippen LogP contribution is 2.29. The topological polar surface area (TPSA) is 62.5 Å². The van der Waals surface area contributed by atoms with E-state index in [9.17, 15) is 14.3 Å². The van der Waals surface area contributed by atoms with Crippen LogP contribution in [0.25, 0.3) is 11.0 Å². The number of benzene rings is 2. The maximum absolute atomic E-state index is 13.7. The molecular weight excluding hydrogens is 368 g/mol. The summed E-state index contributed by atoms with van der Waals surface area (Å²) in [5.74, 6) is -0.534. The van der Waals surface area contributed by atoms with Gasteiger partial charge in [-0.1, -0.05) is 23.2 Å². The van der Waals surface area contributed by atoms with E-state index in [1.165, 1.54) is 30.3 Å². The van der Waals surface area contributed by atoms with Gasteiger partial charge < -0.3 is 14.8 Å².